The van der Waals surface area contributed by atoms with Crippen molar-refractivity contribution in [3.05, 3.63) is 29.8 Å². The van der Waals surface area contributed by atoms with Crippen LogP contribution in [0.2, 0.25) is 0 Å². The normalized spacial score (nSPS) is 11.7. The topological polar surface area (TPSA) is 84.9 Å². The summed E-state index contributed by atoms with van der Waals surface area (Å²) in [5, 5.41) is 9.51. The van der Waals surface area contributed by atoms with E-state index >= 15 is 0 Å². The molecule has 0 radical (unpaired) electrons. The van der Waals surface area contributed by atoms with Crippen molar-refractivity contribution in [3.8, 4) is 5.75 Å². The molecule has 0 aliphatic rings. The van der Waals surface area contributed by atoms with Gasteiger partial charge in [-0.25, -0.2) is 4.79 Å². The number of benzene rings is 1. The summed E-state index contributed by atoms with van der Waals surface area (Å²) in [5.41, 5.74) is 5.28. The number of para-hydroxylation sites is 1. The second kappa shape index (κ2) is 8.29. The highest BCUT2D eigenvalue weighted by Crippen LogP contribution is 2.15. The predicted octanol–water partition coefficient (Wildman–Crippen LogP) is 3.69. The molecule has 0 atom stereocenters. The number of nitrogens with two attached hydrogens (primary N) is 1. The summed E-state index contributed by atoms with van der Waals surface area (Å²) in [6.07, 6.45) is -0.779. The van der Waals surface area contributed by atoms with Gasteiger partial charge in [0.1, 0.15) is 17.2 Å². The van der Waals surface area contributed by atoms with Gasteiger partial charge in [-0.3, -0.25) is 0 Å². The van der Waals surface area contributed by atoms with Crippen LogP contribution in [0.3, 0.4) is 0 Å². The number of aromatic hydroxyl groups is 1. The van der Waals surface area contributed by atoms with Crippen molar-refractivity contribution in [2.45, 2.75) is 47.1 Å². The number of nitrogens with zero attached hydrogens (tertiary/aromatic N) is 1. The van der Waals surface area contributed by atoms with E-state index < -0.39 is 11.7 Å². The van der Waals surface area contributed by atoms with E-state index in [-0.39, 0.29) is 11.6 Å². The van der Waals surface area contributed by atoms with Gasteiger partial charge in [0.15, 0.2) is 0 Å². The Morgan fingerprint density at radius 3 is 2.14 bits per heavy atom. The zero-order valence-corrected chi connectivity index (χ0v) is 13.7. The number of carbonyl (C=O) groups is 1. The molecule has 0 fully saturated rings. The van der Waals surface area contributed by atoms with Gasteiger partial charge in [0, 0.05) is 0 Å². The van der Waals surface area contributed by atoms with E-state index in [2.05, 4.69) is 25.8 Å². The highest BCUT2D eigenvalue weighted by atomic mass is 16.6. The first-order valence-corrected chi connectivity index (χ1v) is 6.88. The summed E-state index contributed by atoms with van der Waals surface area (Å²) < 4.78 is 4.98. The zero-order chi connectivity index (χ0) is 16.6. The van der Waals surface area contributed by atoms with E-state index in [1.54, 1.807) is 39.0 Å². The Morgan fingerprint density at radius 2 is 1.71 bits per heavy atom. The molecule has 0 saturated heterocycles. The van der Waals surface area contributed by atoms with E-state index in [1.807, 2.05) is 0 Å². The number of carbonyl (C=O) groups excluding carboxylic acids is 1. The number of ether oxygens (including phenoxy) is 1. The molecule has 0 aliphatic carbocycles. The molecule has 0 unspecified atom stereocenters. The average molecular weight is 294 g/mol. The van der Waals surface area contributed by atoms with Crippen LogP contribution in [-0.2, 0) is 4.74 Å². The van der Waals surface area contributed by atoms with Crippen LogP contribution in [0.25, 0.3) is 0 Å². The van der Waals surface area contributed by atoms with Crippen LogP contribution in [0.15, 0.2) is 29.3 Å². The maximum Gasteiger partial charge on any atom is 0.436 e. The fourth-order valence-electron chi connectivity index (χ4n) is 1.13. The van der Waals surface area contributed by atoms with E-state index in [4.69, 9.17) is 10.5 Å². The molecule has 21 heavy (non-hydrogen) atoms. The van der Waals surface area contributed by atoms with E-state index in [0.29, 0.717) is 5.56 Å². The Labute approximate surface area is 126 Å². The summed E-state index contributed by atoms with van der Waals surface area (Å²) in [5.74, 6) is 0.731. The quantitative estimate of drug-likeness (QED) is 0.611. The first-order chi connectivity index (χ1) is 9.53. The lowest BCUT2D eigenvalue weighted by atomic mass is 10.2. The summed E-state index contributed by atoms with van der Waals surface area (Å²) in [6, 6.07) is 6.37. The van der Waals surface area contributed by atoms with Crippen molar-refractivity contribution in [1.29, 1.82) is 0 Å². The number of rotatable bonds is 1. The molecule has 0 saturated carbocycles. The minimum absolute atomic E-state index is 0.0303. The third-order valence-corrected chi connectivity index (χ3v) is 1.79. The van der Waals surface area contributed by atoms with Gasteiger partial charge < -0.3 is 15.6 Å². The molecule has 0 bridgehead atoms. The first-order valence-electron chi connectivity index (χ1n) is 6.88. The molecule has 0 aromatic heterocycles. The summed E-state index contributed by atoms with van der Waals surface area (Å²) in [4.78, 5) is 14.9. The molecule has 118 valence electrons. The van der Waals surface area contributed by atoms with Crippen molar-refractivity contribution < 1.29 is 14.6 Å². The molecule has 3 N–H and O–H groups in total. The van der Waals surface area contributed by atoms with Crippen LogP contribution < -0.4 is 5.73 Å². The van der Waals surface area contributed by atoms with Crippen molar-refractivity contribution >= 4 is 11.9 Å². The number of hydrogen-bond acceptors (Lipinski definition) is 3. The fourth-order valence-corrected chi connectivity index (χ4v) is 1.13. The van der Waals surface area contributed by atoms with Crippen LogP contribution in [0.5, 0.6) is 5.75 Å². The number of amides is 1. The molecule has 5 nitrogen and oxygen atoms in total. The van der Waals surface area contributed by atoms with Crippen LogP contribution in [0.1, 0.15) is 47.1 Å². The van der Waals surface area contributed by atoms with Gasteiger partial charge in [0.05, 0.1) is 5.56 Å². The summed E-state index contributed by atoms with van der Waals surface area (Å²) in [7, 11) is 0. The van der Waals surface area contributed by atoms with Gasteiger partial charge in [0.2, 0.25) is 0 Å². The van der Waals surface area contributed by atoms with Crippen molar-refractivity contribution in [2.75, 3.05) is 0 Å². The third kappa shape index (κ3) is 9.49. The third-order valence-electron chi connectivity index (χ3n) is 1.79. The smallest absolute Gasteiger partial charge is 0.436 e. The zero-order valence-electron chi connectivity index (χ0n) is 13.7. The average Bonchev–Trinajstić information content (AvgIpc) is 2.25. The van der Waals surface area contributed by atoms with Gasteiger partial charge >= 0.3 is 6.09 Å². The molecular weight excluding hydrogens is 268 g/mol. The summed E-state index contributed by atoms with van der Waals surface area (Å²) in [6.45, 7) is 11.7. The second-order valence-electron chi connectivity index (χ2n) is 6.23. The number of phenols is 1. The maximum absolute atomic E-state index is 11.4. The number of amidine groups is 1. The van der Waals surface area contributed by atoms with Crippen molar-refractivity contribution in [2.24, 2.45) is 16.6 Å². The second-order valence-corrected chi connectivity index (χ2v) is 6.23. The minimum Gasteiger partial charge on any atom is -0.507 e. The first kappa shape index (κ1) is 19.0. The van der Waals surface area contributed by atoms with E-state index in [1.165, 1.54) is 6.07 Å². The highest BCUT2D eigenvalue weighted by molar-refractivity contribution is 6.04. The molecule has 5 heteroatoms. The van der Waals surface area contributed by atoms with Crippen LogP contribution in [-0.4, -0.2) is 22.6 Å². The molecule has 1 aromatic carbocycles. The molecule has 0 spiro atoms. The molecule has 0 heterocycles. The summed E-state index contributed by atoms with van der Waals surface area (Å²) >= 11 is 0. The van der Waals surface area contributed by atoms with Crippen LogP contribution >= 0.6 is 0 Å². The van der Waals surface area contributed by atoms with Gasteiger partial charge in [-0.1, -0.05) is 32.9 Å². The lowest BCUT2D eigenvalue weighted by Gasteiger charge is -2.17. The Hall–Kier alpha value is -2.04. The fraction of sp³-hybridized carbons (Fsp3) is 0.500. The lowest BCUT2D eigenvalue weighted by Crippen LogP contribution is -2.24. The van der Waals surface area contributed by atoms with E-state index in [0.717, 1.165) is 5.92 Å². The minimum atomic E-state index is -0.779. The lowest BCUT2D eigenvalue weighted by molar-refractivity contribution is 0.0604. The van der Waals surface area contributed by atoms with Crippen LogP contribution in [0.4, 0.5) is 4.79 Å². The van der Waals surface area contributed by atoms with Crippen molar-refractivity contribution in [1.82, 2.24) is 0 Å². The molecule has 1 aromatic rings. The van der Waals surface area contributed by atoms with Crippen molar-refractivity contribution in [3.63, 3.8) is 0 Å². The van der Waals surface area contributed by atoms with Gasteiger partial charge in [-0.15, -0.1) is 0 Å². The maximum atomic E-state index is 11.4. The van der Waals surface area contributed by atoms with Gasteiger partial charge in [-0.2, -0.15) is 4.99 Å². The highest BCUT2D eigenvalue weighted by Gasteiger charge is 2.16. The Morgan fingerprint density at radius 1 is 1.24 bits per heavy atom. The number of aliphatic imine (C=N–C) groups is 1. The SMILES string of the molecule is CC(C)(C)OC(=O)/N=C(\N)c1ccccc1O.CC(C)C. The number of hydrogen-bond donors (Lipinski definition) is 2. The molecule has 1 rings (SSSR count). The van der Waals surface area contributed by atoms with Crippen LogP contribution in [0, 0.1) is 5.92 Å². The Bertz CT molecular complexity index is 486. The Kier molecular flexibility index (Phi) is 7.49. The predicted molar refractivity (Wildman–Crippen MR) is 85.6 cm³/mol. The molecule has 1 amide bonds. The van der Waals surface area contributed by atoms with E-state index in [9.17, 15) is 9.90 Å². The number of phenolic OH excluding ortho intramolecular Hbond substituents is 1. The molecule has 0 aliphatic heterocycles. The largest absolute Gasteiger partial charge is 0.507 e. The standard InChI is InChI=1S/C12H16N2O3.C4H10/c1-12(2,3)17-11(16)14-10(13)8-6-4-5-7-9(8)15;1-4(2)3/h4-7,15H,1-3H3,(H2,13,14,16);4H,1-3H3. The molecular formula is C16H26N2O3. The Balaban J connectivity index is 0.000000885. The monoisotopic (exact) mass is 294 g/mol. The van der Waals surface area contributed by atoms with Gasteiger partial charge in [0.25, 0.3) is 0 Å². The van der Waals surface area contributed by atoms with Gasteiger partial charge in [-0.05, 0) is 38.8 Å².